The molecular formula is C19H19N3O8S. The minimum Gasteiger partial charge on any atom is -0.449 e. The zero-order chi connectivity index (χ0) is 23.2. The Morgan fingerprint density at radius 3 is 2.35 bits per heavy atom. The van der Waals surface area contributed by atoms with Crippen molar-refractivity contribution in [2.45, 2.75) is 24.5 Å². The van der Waals surface area contributed by atoms with Crippen molar-refractivity contribution in [3.8, 4) is 0 Å². The molecule has 0 aliphatic carbocycles. The number of carbonyl (C=O) groups is 3. The zero-order valence-electron chi connectivity index (χ0n) is 16.5. The molecule has 3 amide bonds. The van der Waals surface area contributed by atoms with E-state index in [1.165, 1.54) is 6.92 Å². The third-order valence-electron chi connectivity index (χ3n) is 3.98. The minimum absolute atomic E-state index is 0.171. The Hall–Kier alpha value is -3.80. The number of rotatable bonds is 7. The first-order chi connectivity index (χ1) is 14.5. The number of ether oxygens (including phenoxy) is 1. The van der Waals surface area contributed by atoms with Crippen LogP contribution in [0, 0.1) is 10.1 Å². The van der Waals surface area contributed by atoms with Gasteiger partial charge in [0.1, 0.15) is 4.90 Å². The second-order valence-electron chi connectivity index (χ2n) is 6.42. The Morgan fingerprint density at radius 2 is 1.77 bits per heavy atom. The highest BCUT2D eigenvalue weighted by molar-refractivity contribution is 7.90. The van der Waals surface area contributed by atoms with Crippen LogP contribution in [-0.4, -0.2) is 43.6 Å². The van der Waals surface area contributed by atoms with Gasteiger partial charge in [0.25, 0.3) is 11.6 Å². The highest BCUT2D eigenvalue weighted by Gasteiger charge is 2.26. The van der Waals surface area contributed by atoms with Crippen molar-refractivity contribution in [3.63, 3.8) is 0 Å². The van der Waals surface area contributed by atoms with E-state index in [0.29, 0.717) is 0 Å². The number of nitrogens with zero attached hydrogens (tertiary/aromatic N) is 1. The van der Waals surface area contributed by atoms with Gasteiger partial charge in [-0.2, -0.15) is 0 Å². The summed E-state index contributed by atoms with van der Waals surface area (Å²) < 4.78 is 28.2. The van der Waals surface area contributed by atoms with E-state index in [2.05, 4.69) is 5.32 Å². The summed E-state index contributed by atoms with van der Waals surface area (Å²) in [5.74, 6) is -2.02. The van der Waals surface area contributed by atoms with E-state index in [4.69, 9.17) is 4.74 Å². The molecular weight excluding hydrogens is 430 g/mol. The van der Waals surface area contributed by atoms with E-state index in [-0.39, 0.29) is 12.1 Å². The number of sulfone groups is 1. The lowest BCUT2D eigenvalue weighted by atomic mass is 10.2. The molecule has 0 aliphatic heterocycles. The molecule has 0 saturated heterocycles. The number of nitro benzene ring substituents is 1. The number of carbonyl (C=O) groups excluding carboxylic acids is 3. The zero-order valence-corrected chi connectivity index (χ0v) is 17.3. The van der Waals surface area contributed by atoms with Crippen LogP contribution in [-0.2, 0) is 25.9 Å². The predicted octanol–water partition coefficient (Wildman–Crippen LogP) is 1.57. The molecule has 0 heterocycles. The van der Waals surface area contributed by atoms with Crippen LogP contribution in [0.4, 0.5) is 10.5 Å². The molecule has 1 unspecified atom stereocenters. The predicted molar refractivity (Wildman–Crippen MR) is 108 cm³/mol. The lowest BCUT2D eigenvalue weighted by Crippen LogP contribution is -2.44. The molecule has 31 heavy (non-hydrogen) atoms. The van der Waals surface area contributed by atoms with Gasteiger partial charge in [-0.1, -0.05) is 30.3 Å². The van der Waals surface area contributed by atoms with Gasteiger partial charge in [0.2, 0.25) is 0 Å². The maximum absolute atomic E-state index is 12.2. The molecule has 2 aromatic rings. The number of urea groups is 1. The molecule has 164 valence electrons. The largest absolute Gasteiger partial charge is 0.449 e. The molecule has 1 atom stereocenters. The maximum Gasteiger partial charge on any atom is 0.339 e. The Kier molecular flexibility index (Phi) is 7.42. The molecule has 0 saturated carbocycles. The molecule has 2 rings (SSSR count). The van der Waals surface area contributed by atoms with Crippen molar-refractivity contribution in [3.05, 3.63) is 69.8 Å². The van der Waals surface area contributed by atoms with Crippen molar-refractivity contribution >= 4 is 33.4 Å². The van der Waals surface area contributed by atoms with Gasteiger partial charge in [0, 0.05) is 18.9 Å². The van der Waals surface area contributed by atoms with Gasteiger partial charge in [-0.3, -0.25) is 20.2 Å². The number of hydrogen-bond acceptors (Lipinski definition) is 8. The Morgan fingerprint density at radius 1 is 1.13 bits per heavy atom. The van der Waals surface area contributed by atoms with Crippen molar-refractivity contribution in [1.82, 2.24) is 10.6 Å². The summed E-state index contributed by atoms with van der Waals surface area (Å²) in [4.78, 5) is 45.7. The second kappa shape index (κ2) is 9.80. The van der Waals surface area contributed by atoms with E-state index in [9.17, 15) is 32.9 Å². The summed E-state index contributed by atoms with van der Waals surface area (Å²) >= 11 is 0. The van der Waals surface area contributed by atoms with E-state index < -0.39 is 49.4 Å². The normalized spacial score (nSPS) is 11.8. The Balaban J connectivity index is 1.99. The second-order valence-corrected chi connectivity index (χ2v) is 8.40. The van der Waals surface area contributed by atoms with Crippen LogP contribution in [0.5, 0.6) is 0 Å². The summed E-state index contributed by atoms with van der Waals surface area (Å²) in [7, 11) is -3.90. The highest BCUT2D eigenvalue weighted by atomic mass is 32.2. The van der Waals surface area contributed by atoms with Crippen molar-refractivity contribution in [2.24, 2.45) is 0 Å². The number of esters is 1. The van der Waals surface area contributed by atoms with Crippen LogP contribution in [0.25, 0.3) is 0 Å². The fraction of sp³-hybridized carbons (Fsp3) is 0.211. The monoisotopic (exact) mass is 449 g/mol. The van der Waals surface area contributed by atoms with Crippen molar-refractivity contribution in [2.75, 3.05) is 6.26 Å². The van der Waals surface area contributed by atoms with Crippen LogP contribution < -0.4 is 10.6 Å². The van der Waals surface area contributed by atoms with Gasteiger partial charge in [0.15, 0.2) is 15.9 Å². The van der Waals surface area contributed by atoms with E-state index in [0.717, 1.165) is 30.0 Å². The van der Waals surface area contributed by atoms with Crippen LogP contribution in [0.2, 0.25) is 0 Å². The fourth-order valence-corrected chi connectivity index (χ4v) is 3.25. The summed E-state index contributed by atoms with van der Waals surface area (Å²) in [6.45, 7) is 1.38. The molecule has 0 aliphatic rings. The summed E-state index contributed by atoms with van der Waals surface area (Å²) in [5, 5.41) is 15.6. The number of nitrogens with one attached hydrogen (secondary N) is 2. The first-order valence-corrected chi connectivity index (χ1v) is 10.7. The first kappa shape index (κ1) is 23.5. The lowest BCUT2D eigenvalue weighted by Gasteiger charge is -2.13. The number of amides is 3. The van der Waals surface area contributed by atoms with E-state index >= 15 is 0 Å². The van der Waals surface area contributed by atoms with Gasteiger partial charge in [-0.15, -0.1) is 0 Å². The maximum atomic E-state index is 12.2. The topological polar surface area (TPSA) is 162 Å². The first-order valence-electron chi connectivity index (χ1n) is 8.81. The van der Waals surface area contributed by atoms with Crippen LogP contribution in [0.15, 0.2) is 53.4 Å². The quantitative estimate of drug-likeness (QED) is 0.366. The third kappa shape index (κ3) is 6.60. The van der Waals surface area contributed by atoms with Gasteiger partial charge >= 0.3 is 12.0 Å². The highest BCUT2D eigenvalue weighted by Crippen LogP contribution is 2.25. The van der Waals surface area contributed by atoms with E-state index in [1.54, 1.807) is 24.3 Å². The SMILES string of the molecule is CC(OC(=O)c1ccc(S(C)(=O)=O)c([N+](=O)[O-])c1)C(=O)NC(=O)NCc1ccccc1. The summed E-state index contributed by atoms with van der Waals surface area (Å²) in [6.07, 6.45) is -0.605. The van der Waals surface area contributed by atoms with Crippen molar-refractivity contribution in [1.29, 1.82) is 0 Å². The molecule has 0 bridgehead atoms. The molecule has 12 heteroatoms. The summed E-state index contributed by atoms with van der Waals surface area (Å²) in [6, 6.07) is 10.8. The smallest absolute Gasteiger partial charge is 0.339 e. The number of hydrogen-bond donors (Lipinski definition) is 2. The van der Waals surface area contributed by atoms with Gasteiger partial charge in [0.05, 0.1) is 10.5 Å². The Bertz CT molecular complexity index is 1120. The third-order valence-corrected chi connectivity index (χ3v) is 5.12. The molecule has 11 nitrogen and oxygen atoms in total. The fourth-order valence-electron chi connectivity index (χ4n) is 2.42. The van der Waals surface area contributed by atoms with Gasteiger partial charge in [-0.25, -0.2) is 18.0 Å². The lowest BCUT2D eigenvalue weighted by molar-refractivity contribution is -0.387. The minimum atomic E-state index is -3.90. The van der Waals surface area contributed by atoms with Crippen LogP contribution in [0.1, 0.15) is 22.8 Å². The molecule has 2 aromatic carbocycles. The molecule has 0 radical (unpaired) electrons. The number of nitro groups is 1. The van der Waals surface area contributed by atoms with Gasteiger partial charge in [-0.05, 0) is 24.6 Å². The molecule has 0 spiro atoms. The average molecular weight is 449 g/mol. The standard InChI is InChI=1S/C19H19N3O8S/c1-12(17(23)21-19(25)20-11-13-6-4-3-5-7-13)30-18(24)14-8-9-16(31(2,28)29)15(10-14)22(26)27/h3-10,12H,11H2,1-2H3,(H2,20,21,23,25). The van der Waals surface area contributed by atoms with Crippen LogP contribution >= 0.6 is 0 Å². The molecule has 2 N–H and O–H groups in total. The summed E-state index contributed by atoms with van der Waals surface area (Å²) in [5.41, 5.74) is -0.315. The van der Waals surface area contributed by atoms with Crippen molar-refractivity contribution < 1.29 is 32.5 Å². The van der Waals surface area contributed by atoms with Gasteiger partial charge < -0.3 is 10.1 Å². The van der Waals surface area contributed by atoms with E-state index in [1.807, 2.05) is 11.4 Å². The number of imide groups is 1. The van der Waals surface area contributed by atoms with Crippen LogP contribution in [0.3, 0.4) is 0 Å². The molecule has 0 fully saturated rings. The average Bonchev–Trinajstić information content (AvgIpc) is 2.71. The Labute approximate surface area is 177 Å². The number of benzene rings is 2. The molecule has 0 aromatic heterocycles.